The molecule has 4 nitrogen and oxygen atoms in total. The van der Waals surface area contributed by atoms with Gasteiger partial charge in [-0.2, -0.15) is 0 Å². The van der Waals surface area contributed by atoms with Gasteiger partial charge >= 0.3 is 7.12 Å². The second kappa shape index (κ2) is 21.8. The molecule has 2 N–H and O–H groups in total. The van der Waals surface area contributed by atoms with E-state index in [9.17, 15) is 10.0 Å². The molecule has 12 aromatic carbocycles. The third-order valence-corrected chi connectivity index (χ3v) is 20.7. The molecule has 0 amide bonds. The minimum Gasteiger partial charge on any atom is -0.423 e. The van der Waals surface area contributed by atoms with Gasteiger partial charge < -0.3 is 10.0 Å². The minimum atomic E-state index is -1.50. The Morgan fingerprint density at radius 2 is 0.705 bits per heavy atom. The summed E-state index contributed by atoms with van der Waals surface area (Å²) >= 11 is 10.1. The number of thiophene rings is 2. The van der Waals surface area contributed by atoms with E-state index in [0.29, 0.717) is 5.46 Å². The summed E-state index contributed by atoms with van der Waals surface area (Å²) in [6.07, 6.45) is 0. The molecule has 8 heteroatoms. The normalized spacial score (nSPS) is 13.1. The Morgan fingerprint density at radius 1 is 0.330 bits per heavy atom. The Hall–Kier alpha value is -9.83. The van der Waals surface area contributed by atoms with Crippen molar-refractivity contribution < 1.29 is 10.0 Å². The number of pyridine rings is 2. The monoisotopic (exact) mass is 1180 g/mol. The second-order valence-electron chi connectivity index (χ2n) is 22.5. The van der Waals surface area contributed by atoms with E-state index in [-0.39, 0.29) is 0 Å². The van der Waals surface area contributed by atoms with Crippen molar-refractivity contribution >= 4 is 109 Å². The van der Waals surface area contributed by atoms with Crippen LogP contribution in [-0.2, 0) is 10.8 Å². The van der Waals surface area contributed by atoms with Gasteiger partial charge in [0.15, 0.2) is 0 Å². The molecule has 88 heavy (non-hydrogen) atoms. The number of benzene rings is 12. The molecule has 0 atom stereocenters. The summed E-state index contributed by atoms with van der Waals surface area (Å²) in [5, 5.41) is 25.1. The van der Waals surface area contributed by atoms with Crippen LogP contribution in [0.3, 0.4) is 0 Å². The molecule has 0 aliphatic heterocycles. The van der Waals surface area contributed by atoms with E-state index >= 15 is 0 Å². The summed E-state index contributed by atoms with van der Waals surface area (Å²) in [4.78, 5) is 9.94. The lowest BCUT2D eigenvalue weighted by Gasteiger charge is -2.34. The molecule has 18 rings (SSSR count). The standard InChI is InChI=1S/C40H25NS.C25H19BO2.C15H8ClNS/c1-3-13-27(14-4-1)40(28-15-5-2-6-16-28)33-20-10-7-17-29(33)30-24-23-26(25-34(30)40)37-31-18-8-11-21-35(31)41-38-32-19-9-12-22-36(32)42-39(37)38;27-26(28)20-15-16-22-21-13-7-8-14-23(21)25(24(22)17-20,18-9-3-1-4-10-18)19-11-5-2-6-12-19;16-13-9-5-1-3-7-11(9)17-14-10-6-2-4-8-12(10)18-15(13)14/h1-25H;1-17,27-28H;1-8H. The number of rotatable bonds is 6. The van der Waals surface area contributed by atoms with E-state index in [2.05, 4.69) is 237 Å². The highest BCUT2D eigenvalue weighted by molar-refractivity contribution is 7.26. The van der Waals surface area contributed by atoms with Crippen LogP contribution in [0.4, 0.5) is 0 Å². The van der Waals surface area contributed by atoms with Crippen molar-refractivity contribution in [2.45, 2.75) is 10.8 Å². The van der Waals surface area contributed by atoms with E-state index in [1.807, 2.05) is 72.0 Å². The predicted molar refractivity (Wildman–Crippen MR) is 371 cm³/mol. The number of aromatic nitrogens is 2. The number of nitrogens with zero attached hydrogens (tertiary/aromatic N) is 2. The zero-order valence-electron chi connectivity index (χ0n) is 47.4. The van der Waals surface area contributed by atoms with Crippen LogP contribution >= 0.6 is 34.3 Å². The lowest BCUT2D eigenvalue weighted by atomic mass is 9.66. The number of fused-ring (bicyclic) bond motifs is 14. The van der Waals surface area contributed by atoms with Gasteiger partial charge in [-0.25, -0.2) is 9.97 Å². The molecule has 0 fully saturated rings. The highest BCUT2D eigenvalue weighted by atomic mass is 35.5. The van der Waals surface area contributed by atoms with Crippen LogP contribution in [-0.4, -0.2) is 27.1 Å². The van der Waals surface area contributed by atoms with Gasteiger partial charge in [0.25, 0.3) is 0 Å². The third-order valence-electron chi connectivity index (χ3n) is 17.9. The Balaban J connectivity index is 0.000000116. The molecule has 416 valence electrons. The zero-order valence-corrected chi connectivity index (χ0v) is 49.8. The molecular formula is C80H52BClN2O2S2. The van der Waals surface area contributed by atoms with Gasteiger partial charge in [-0.05, 0) is 108 Å². The van der Waals surface area contributed by atoms with E-state index in [1.54, 1.807) is 17.4 Å². The van der Waals surface area contributed by atoms with Gasteiger partial charge in [0.1, 0.15) is 0 Å². The summed E-state index contributed by atoms with van der Waals surface area (Å²) in [5.74, 6) is 0. The Morgan fingerprint density at radius 3 is 1.22 bits per heavy atom. The predicted octanol–water partition coefficient (Wildman–Crippen LogP) is 19.6. The maximum absolute atomic E-state index is 9.84. The van der Waals surface area contributed by atoms with Crippen molar-refractivity contribution in [3.63, 3.8) is 0 Å². The van der Waals surface area contributed by atoms with E-state index in [0.717, 1.165) is 59.4 Å². The average molecular weight is 1180 g/mol. The summed E-state index contributed by atoms with van der Waals surface area (Å²) in [7, 11) is -1.50. The Labute approximate surface area is 522 Å². The maximum Gasteiger partial charge on any atom is 0.488 e. The third kappa shape index (κ3) is 8.42. The van der Waals surface area contributed by atoms with Crippen molar-refractivity contribution in [1.29, 1.82) is 0 Å². The molecule has 4 aromatic heterocycles. The highest BCUT2D eigenvalue weighted by Crippen LogP contribution is 2.58. The smallest absolute Gasteiger partial charge is 0.423 e. The summed E-state index contributed by atoms with van der Waals surface area (Å²) in [6.45, 7) is 0. The van der Waals surface area contributed by atoms with Crippen molar-refractivity contribution in [1.82, 2.24) is 9.97 Å². The topological polar surface area (TPSA) is 66.2 Å². The van der Waals surface area contributed by atoms with Gasteiger partial charge in [0, 0.05) is 36.5 Å². The van der Waals surface area contributed by atoms with E-state index < -0.39 is 17.9 Å². The van der Waals surface area contributed by atoms with Gasteiger partial charge in [0.2, 0.25) is 0 Å². The Bertz CT molecular complexity index is 5260. The summed E-state index contributed by atoms with van der Waals surface area (Å²) < 4.78 is 4.83. The molecule has 4 heterocycles. The molecule has 2 aliphatic rings. The van der Waals surface area contributed by atoms with Gasteiger partial charge in [-0.15, -0.1) is 22.7 Å². The number of hydrogen-bond acceptors (Lipinski definition) is 6. The van der Waals surface area contributed by atoms with Gasteiger partial charge in [-0.3, -0.25) is 0 Å². The fourth-order valence-electron chi connectivity index (χ4n) is 14.1. The fraction of sp³-hybridized carbons (Fsp3) is 0.0250. The Kier molecular flexibility index (Phi) is 13.3. The molecule has 0 saturated heterocycles. The molecule has 0 bridgehead atoms. The van der Waals surface area contributed by atoms with Gasteiger partial charge in [0.05, 0.1) is 47.3 Å². The summed E-state index contributed by atoms with van der Waals surface area (Å²) in [6, 6.07) is 107. The zero-order chi connectivity index (χ0) is 58.9. The second-order valence-corrected chi connectivity index (χ2v) is 25.0. The first-order valence-corrected chi connectivity index (χ1v) is 31.5. The van der Waals surface area contributed by atoms with Crippen molar-refractivity contribution in [3.05, 3.63) is 353 Å². The molecule has 0 spiro atoms. The van der Waals surface area contributed by atoms with Gasteiger partial charge in [-0.1, -0.05) is 285 Å². The fourth-order valence-corrected chi connectivity index (χ4v) is 16.8. The van der Waals surface area contributed by atoms with Crippen LogP contribution in [0.1, 0.15) is 44.5 Å². The quantitative estimate of drug-likeness (QED) is 0.163. The number of hydrogen-bond donors (Lipinski definition) is 2. The summed E-state index contributed by atoms with van der Waals surface area (Å²) in [5.41, 5.74) is 20.9. The van der Waals surface area contributed by atoms with Crippen molar-refractivity contribution in [2.75, 3.05) is 0 Å². The first kappa shape index (κ1) is 53.6. The van der Waals surface area contributed by atoms with Crippen LogP contribution in [0.15, 0.2) is 303 Å². The van der Waals surface area contributed by atoms with Crippen LogP contribution in [0.2, 0.25) is 5.02 Å². The van der Waals surface area contributed by atoms with Crippen LogP contribution in [0.25, 0.3) is 95.8 Å². The molecule has 0 unspecified atom stereocenters. The first-order valence-electron chi connectivity index (χ1n) is 29.5. The minimum absolute atomic E-state index is 0.424. The lowest BCUT2D eigenvalue weighted by molar-refractivity contribution is 0.425. The largest absolute Gasteiger partial charge is 0.488 e. The SMILES string of the molecule is Clc1c2ccccc2nc2c1sc1ccccc12.OB(O)c1ccc2c(c1)C(c1ccccc1)(c1ccccc1)c1ccccc1-2.c1ccc(C2(c3ccccc3)c3ccccc3-c3ccc(-c4c5ccccc5nc5c4sc4ccccc45)cc32)cc1. The maximum atomic E-state index is 9.84. The molecule has 0 saturated carbocycles. The van der Waals surface area contributed by atoms with Crippen LogP contribution in [0, 0.1) is 0 Å². The van der Waals surface area contributed by atoms with Crippen molar-refractivity contribution in [2.24, 2.45) is 0 Å². The van der Waals surface area contributed by atoms with Crippen molar-refractivity contribution in [3.8, 4) is 33.4 Å². The average Bonchev–Trinajstić information content (AvgIpc) is 1.56. The molecular weight excluding hydrogens is 1130 g/mol. The molecule has 0 radical (unpaired) electrons. The highest BCUT2D eigenvalue weighted by Gasteiger charge is 2.48. The number of halogens is 1. The first-order chi connectivity index (χ1) is 43.4. The van der Waals surface area contributed by atoms with E-state index in [4.69, 9.17) is 21.6 Å². The van der Waals surface area contributed by atoms with E-state index in [1.165, 1.54) is 85.9 Å². The van der Waals surface area contributed by atoms with Crippen LogP contribution < -0.4 is 5.46 Å². The lowest BCUT2D eigenvalue weighted by Crippen LogP contribution is -2.33. The molecule has 16 aromatic rings. The number of para-hydroxylation sites is 2. The molecule has 2 aliphatic carbocycles. The van der Waals surface area contributed by atoms with Crippen LogP contribution in [0.5, 0.6) is 0 Å².